The molecule has 2 atom stereocenters. The average Bonchev–Trinajstić information content (AvgIpc) is 2.44. The summed E-state index contributed by atoms with van der Waals surface area (Å²) in [5, 5.41) is 3.34. The number of ether oxygens (including phenoxy) is 1. The Labute approximate surface area is 117 Å². The Balaban J connectivity index is 1.76. The van der Waals surface area contributed by atoms with Crippen LogP contribution in [0.25, 0.3) is 0 Å². The lowest BCUT2D eigenvalue weighted by molar-refractivity contribution is 0.00466. The minimum Gasteiger partial charge on any atom is -0.374 e. The second-order valence-corrected chi connectivity index (χ2v) is 5.80. The Morgan fingerprint density at radius 1 is 1.16 bits per heavy atom. The van der Waals surface area contributed by atoms with Crippen LogP contribution in [-0.2, 0) is 17.9 Å². The Hall–Kier alpha value is -0.860. The quantitative estimate of drug-likeness (QED) is 0.838. The van der Waals surface area contributed by atoms with Crippen molar-refractivity contribution < 1.29 is 4.74 Å². The lowest BCUT2D eigenvalue weighted by Gasteiger charge is -2.26. The molecule has 0 radical (unpaired) electrons. The molecular formula is C17H27NO. The number of benzene rings is 1. The molecule has 2 heteroatoms. The van der Waals surface area contributed by atoms with E-state index in [2.05, 4.69) is 43.4 Å². The molecule has 0 spiro atoms. The highest BCUT2D eigenvalue weighted by Crippen LogP contribution is 2.26. The summed E-state index contributed by atoms with van der Waals surface area (Å²) < 4.78 is 6.04. The fourth-order valence-electron chi connectivity index (χ4n) is 2.77. The molecule has 0 aromatic heterocycles. The zero-order chi connectivity index (χ0) is 13.5. The van der Waals surface area contributed by atoms with E-state index >= 15 is 0 Å². The second kappa shape index (κ2) is 7.66. The van der Waals surface area contributed by atoms with Gasteiger partial charge in [0.2, 0.25) is 0 Å². The van der Waals surface area contributed by atoms with Gasteiger partial charge in [-0.1, -0.05) is 51.0 Å². The van der Waals surface area contributed by atoms with E-state index in [0.717, 1.165) is 25.6 Å². The lowest BCUT2D eigenvalue weighted by Crippen LogP contribution is -2.21. The lowest BCUT2D eigenvalue weighted by atomic mass is 9.89. The van der Waals surface area contributed by atoms with Gasteiger partial charge in [0.1, 0.15) is 0 Å². The van der Waals surface area contributed by atoms with Crippen LogP contribution in [-0.4, -0.2) is 12.6 Å². The van der Waals surface area contributed by atoms with Gasteiger partial charge in [0.05, 0.1) is 12.7 Å². The summed E-state index contributed by atoms with van der Waals surface area (Å²) in [6, 6.07) is 8.79. The summed E-state index contributed by atoms with van der Waals surface area (Å²) in [4.78, 5) is 0. The van der Waals surface area contributed by atoms with Crippen molar-refractivity contribution in [3.63, 3.8) is 0 Å². The van der Waals surface area contributed by atoms with Crippen LogP contribution in [0.15, 0.2) is 24.3 Å². The maximum absolute atomic E-state index is 6.04. The minimum absolute atomic E-state index is 0.477. The summed E-state index contributed by atoms with van der Waals surface area (Å²) in [6.07, 6.45) is 5.65. The Bertz CT molecular complexity index is 360. The molecule has 0 saturated heterocycles. The van der Waals surface area contributed by atoms with E-state index in [1.165, 1.54) is 36.8 Å². The first kappa shape index (κ1) is 14.5. The van der Waals surface area contributed by atoms with E-state index in [-0.39, 0.29) is 0 Å². The second-order valence-electron chi connectivity index (χ2n) is 5.80. The predicted molar refractivity (Wildman–Crippen MR) is 80.0 cm³/mol. The van der Waals surface area contributed by atoms with Gasteiger partial charge in [-0.05, 0) is 36.4 Å². The summed E-state index contributed by atoms with van der Waals surface area (Å²) in [7, 11) is 0. The average molecular weight is 261 g/mol. The number of hydrogen-bond donors (Lipinski definition) is 1. The molecule has 2 rings (SSSR count). The molecule has 106 valence electrons. The van der Waals surface area contributed by atoms with E-state index < -0.39 is 0 Å². The van der Waals surface area contributed by atoms with Crippen molar-refractivity contribution in [1.29, 1.82) is 0 Å². The van der Waals surface area contributed by atoms with Gasteiger partial charge in [0.15, 0.2) is 0 Å². The van der Waals surface area contributed by atoms with Crippen LogP contribution in [0.2, 0.25) is 0 Å². The minimum atomic E-state index is 0.477. The van der Waals surface area contributed by atoms with Gasteiger partial charge in [-0.15, -0.1) is 0 Å². The van der Waals surface area contributed by atoms with Gasteiger partial charge in [-0.25, -0.2) is 0 Å². The van der Waals surface area contributed by atoms with Crippen molar-refractivity contribution in [2.75, 3.05) is 6.54 Å². The molecule has 1 fully saturated rings. The first-order chi connectivity index (χ1) is 9.28. The van der Waals surface area contributed by atoms with E-state index in [4.69, 9.17) is 4.74 Å². The summed E-state index contributed by atoms with van der Waals surface area (Å²) in [5.41, 5.74) is 2.63. The maximum atomic E-state index is 6.04. The molecule has 1 aliphatic carbocycles. The highest BCUT2D eigenvalue weighted by Gasteiger charge is 2.19. The first-order valence-electron chi connectivity index (χ1n) is 7.68. The van der Waals surface area contributed by atoms with Crippen molar-refractivity contribution >= 4 is 0 Å². The highest BCUT2D eigenvalue weighted by molar-refractivity contribution is 5.21. The molecule has 0 aliphatic heterocycles. The molecule has 1 aromatic rings. The van der Waals surface area contributed by atoms with Gasteiger partial charge in [0, 0.05) is 6.54 Å². The molecule has 1 aliphatic rings. The van der Waals surface area contributed by atoms with Gasteiger partial charge < -0.3 is 10.1 Å². The molecular weight excluding hydrogens is 234 g/mol. The van der Waals surface area contributed by atoms with Crippen molar-refractivity contribution in [2.45, 2.75) is 58.8 Å². The zero-order valence-electron chi connectivity index (χ0n) is 12.3. The van der Waals surface area contributed by atoms with E-state index in [9.17, 15) is 0 Å². The molecule has 1 N–H and O–H groups in total. The largest absolute Gasteiger partial charge is 0.374 e. The van der Waals surface area contributed by atoms with Crippen molar-refractivity contribution in [3.8, 4) is 0 Å². The fraction of sp³-hybridized carbons (Fsp3) is 0.647. The van der Waals surface area contributed by atoms with Crippen LogP contribution in [0.4, 0.5) is 0 Å². The van der Waals surface area contributed by atoms with Crippen molar-refractivity contribution in [2.24, 2.45) is 5.92 Å². The molecule has 1 saturated carbocycles. The smallest absolute Gasteiger partial charge is 0.0720 e. The van der Waals surface area contributed by atoms with Gasteiger partial charge in [-0.2, -0.15) is 0 Å². The van der Waals surface area contributed by atoms with E-state index in [1.54, 1.807) is 0 Å². The third-order valence-corrected chi connectivity index (χ3v) is 3.98. The van der Waals surface area contributed by atoms with E-state index in [1.807, 2.05) is 0 Å². The molecule has 0 amide bonds. The molecule has 1 aromatic carbocycles. The third kappa shape index (κ3) is 4.96. The Morgan fingerprint density at radius 2 is 1.89 bits per heavy atom. The molecule has 0 heterocycles. The third-order valence-electron chi connectivity index (χ3n) is 3.98. The van der Waals surface area contributed by atoms with Crippen LogP contribution in [0, 0.1) is 5.92 Å². The van der Waals surface area contributed by atoms with Crippen LogP contribution in [0.3, 0.4) is 0 Å². The number of nitrogens with one attached hydrogen (secondary N) is 1. The van der Waals surface area contributed by atoms with Gasteiger partial charge in [0.25, 0.3) is 0 Å². The van der Waals surface area contributed by atoms with Crippen LogP contribution >= 0.6 is 0 Å². The highest BCUT2D eigenvalue weighted by atomic mass is 16.5. The van der Waals surface area contributed by atoms with Crippen molar-refractivity contribution in [3.05, 3.63) is 35.4 Å². The summed E-state index contributed by atoms with van der Waals surface area (Å²) >= 11 is 0. The SMILES string of the molecule is CCNCc1ccc(COC2CCCC(C)C2)cc1. The number of rotatable bonds is 6. The number of hydrogen-bond acceptors (Lipinski definition) is 2. The normalized spacial score (nSPS) is 23.5. The Morgan fingerprint density at radius 3 is 2.58 bits per heavy atom. The topological polar surface area (TPSA) is 21.3 Å². The standard InChI is InChI=1S/C17H27NO/c1-3-18-12-15-7-9-16(10-8-15)13-19-17-6-4-5-14(2)11-17/h7-10,14,17-18H,3-6,11-13H2,1-2H3. The van der Waals surface area contributed by atoms with Crippen LogP contribution < -0.4 is 5.32 Å². The zero-order valence-corrected chi connectivity index (χ0v) is 12.3. The molecule has 0 bridgehead atoms. The fourth-order valence-corrected chi connectivity index (χ4v) is 2.77. The summed E-state index contributed by atoms with van der Waals surface area (Å²) in [6.45, 7) is 7.21. The van der Waals surface area contributed by atoms with Gasteiger partial charge in [-0.3, -0.25) is 0 Å². The van der Waals surface area contributed by atoms with Crippen molar-refractivity contribution in [1.82, 2.24) is 5.32 Å². The monoisotopic (exact) mass is 261 g/mol. The van der Waals surface area contributed by atoms with Crippen LogP contribution in [0.1, 0.15) is 50.7 Å². The molecule has 2 nitrogen and oxygen atoms in total. The van der Waals surface area contributed by atoms with Gasteiger partial charge >= 0.3 is 0 Å². The van der Waals surface area contributed by atoms with Crippen LogP contribution in [0.5, 0.6) is 0 Å². The Kier molecular flexibility index (Phi) is 5.87. The first-order valence-corrected chi connectivity index (χ1v) is 7.68. The maximum Gasteiger partial charge on any atom is 0.0720 e. The molecule has 19 heavy (non-hydrogen) atoms. The summed E-state index contributed by atoms with van der Waals surface area (Å²) in [5.74, 6) is 0.834. The van der Waals surface area contributed by atoms with E-state index in [0.29, 0.717) is 6.10 Å². The predicted octanol–water partition coefficient (Wildman–Crippen LogP) is 3.89. The molecule has 2 unspecified atom stereocenters.